The number of esters is 1. The van der Waals surface area contributed by atoms with Crippen molar-refractivity contribution in [3.05, 3.63) is 42.4 Å². The molecule has 2 saturated heterocycles. The van der Waals surface area contributed by atoms with Crippen LogP contribution in [0.25, 0.3) is 5.82 Å². The van der Waals surface area contributed by atoms with Crippen molar-refractivity contribution < 1.29 is 33.8 Å². The number of fused-ring (bicyclic) bond motifs is 5. The van der Waals surface area contributed by atoms with Gasteiger partial charge in [0, 0.05) is 54.5 Å². The molecule has 286 valence electrons. The molecule has 2 aromatic rings. The minimum atomic E-state index is -1.56. The average Bonchev–Trinajstić information content (AvgIpc) is 3.61. The zero-order chi connectivity index (χ0) is 38.6. The lowest BCUT2D eigenvalue weighted by Crippen LogP contribution is -2.55. The standard InChI is InChI=1S/C40H59N5O7/c1-12-32-40(11,49)31-16-15-30(44-51-22-29-14-17-33(41-21-29)45-19-13-18-42-45)23-50-39(10,20-24(2)34(25(31)3)43-28(6)46)36(38(7,8)9)26(4)35(47)27(5)37(48)52-32/h13-14,17-19,21,24-27,31-32,36,49H,12,15-16,20,22-23H2,1-11H3/b43-34?,44-30+/t24-,25-,26+,27-,31-,32-,36+,39-,40+/m1/s1. The maximum Gasteiger partial charge on any atom is 0.316 e. The van der Waals surface area contributed by atoms with Gasteiger partial charge in [0.25, 0.3) is 0 Å². The van der Waals surface area contributed by atoms with Gasteiger partial charge < -0.3 is 19.4 Å². The Morgan fingerprint density at radius 3 is 2.42 bits per heavy atom. The van der Waals surface area contributed by atoms with E-state index in [1.54, 1.807) is 30.9 Å². The molecule has 1 N–H and O–H groups in total. The number of rotatable bonds is 5. The van der Waals surface area contributed by atoms with Gasteiger partial charge in [0.2, 0.25) is 5.91 Å². The number of carbonyl (C=O) groups excluding carboxylic acids is 3. The molecule has 12 heteroatoms. The molecule has 12 nitrogen and oxygen atoms in total. The summed E-state index contributed by atoms with van der Waals surface area (Å²) in [5.41, 5.74) is -0.863. The molecule has 0 saturated carbocycles. The van der Waals surface area contributed by atoms with Crippen molar-refractivity contribution in [1.29, 1.82) is 0 Å². The number of carbonyl (C=O) groups is 3. The number of pyridine rings is 1. The first-order valence-electron chi connectivity index (χ1n) is 18.6. The van der Waals surface area contributed by atoms with Gasteiger partial charge in [-0.1, -0.05) is 59.7 Å². The molecule has 2 fully saturated rings. The number of cyclic esters (lactones) is 1. The molecule has 2 aliphatic rings. The number of aliphatic imine (C=N–C) groups is 1. The Kier molecular flexibility index (Phi) is 13.0. The van der Waals surface area contributed by atoms with Gasteiger partial charge in [-0.05, 0) is 75.8 Å². The summed E-state index contributed by atoms with van der Waals surface area (Å²) in [6.07, 6.45) is 5.84. The van der Waals surface area contributed by atoms with Crippen molar-refractivity contribution in [3.8, 4) is 5.82 Å². The first-order valence-corrected chi connectivity index (χ1v) is 18.6. The van der Waals surface area contributed by atoms with E-state index < -0.39 is 52.4 Å². The van der Waals surface area contributed by atoms with E-state index in [0.717, 1.165) is 5.56 Å². The van der Waals surface area contributed by atoms with E-state index in [2.05, 4.69) is 41.0 Å². The van der Waals surface area contributed by atoms with Crippen molar-refractivity contribution in [2.75, 3.05) is 6.61 Å². The Morgan fingerprint density at radius 1 is 1.13 bits per heavy atom. The highest BCUT2D eigenvalue weighted by atomic mass is 16.6. The van der Waals surface area contributed by atoms with Gasteiger partial charge in [-0.25, -0.2) is 14.7 Å². The number of aromatic nitrogens is 3. The summed E-state index contributed by atoms with van der Waals surface area (Å²) in [5.74, 6) is -3.76. The molecule has 2 aromatic heterocycles. The molecule has 1 amide bonds. The van der Waals surface area contributed by atoms with E-state index in [-0.39, 0.29) is 36.7 Å². The van der Waals surface area contributed by atoms with Gasteiger partial charge in [0.05, 0.1) is 17.9 Å². The third-order valence-corrected chi connectivity index (χ3v) is 11.2. The fourth-order valence-electron chi connectivity index (χ4n) is 9.01. The molecule has 4 heterocycles. The average molecular weight is 722 g/mol. The summed E-state index contributed by atoms with van der Waals surface area (Å²) in [7, 11) is 0. The molecule has 9 atom stereocenters. The number of amides is 1. The lowest BCUT2D eigenvalue weighted by molar-refractivity contribution is -0.180. The SMILES string of the molecule is CC[C@H]1OC(=O)[C@H](C)C(=O)[C@H](C)[C@@H](C(C)(C)C)[C@@]2(C)C[C@@H](C)C(=NC(C)=O)[C@H](C)[C@@H](CC/C(=N\OCc3ccc(-n4cccn4)nc3)CO2)[C@]1(C)O. The second-order valence-corrected chi connectivity index (χ2v) is 16.4. The highest BCUT2D eigenvalue weighted by Gasteiger charge is 2.52. The monoisotopic (exact) mass is 721 g/mol. The molecule has 2 aliphatic heterocycles. The highest BCUT2D eigenvalue weighted by Crippen LogP contribution is 2.48. The number of ketones is 1. The number of Topliss-reactive ketones (excluding diaryl/α,β-unsaturated/α-hetero) is 1. The summed E-state index contributed by atoms with van der Waals surface area (Å²) in [6, 6.07) is 5.59. The smallest absolute Gasteiger partial charge is 0.316 e. The normalized spacial score (nSPS) is 34.3. The summed E-state index contributed by atoms with van der Waals surface area (Å²) in [6.45, 7) is 20.9. The van der Waals surface area contributed by atoms with Crippen LogP contribution in [0.5, 0.6) is 0 Å². The number of aliphatic hydroxyl groups is 1. The quantitative estimate of drug-likeness (QED) is 0.205. The van der Waals surface area contributed by atoms with Crippen LogP contribution in [0.15, 0.2) is 46.9 Å². The molecular formula is C40H59N5O7. The fourth-order valence-corrected chi connectivity index (χ4v) is 9.01. The second kappa shape index (κ2) is 16.5. The first-order chi connectivity index (χ1) is 24.3. The van der Waals surface area contributed by atoms with Gasteiger partial charge in [0.15, 0.2) is 5.82 Å². The van der Waals surface area contributed by atoms with E-state index in [9.17, 15) is 19.5 Å². The molecular weight excluding hydrogens is 662 g/mol. The summed E-state index contributed by atoms with van der Waals surface area (Å²) >= 11 is 0. The Balaban J connectivity index is 1.85. The zero-order valence-corrected chi connectivity index (χ0v) is 32.9. The zero-order valence-electron chi connectivity index (χ0n) is 32.9. The van der Waals surface area contributed by atoms with E-state index >= 15 is 0 Å². The highest BCUT2D eigenvalue weighted by molar-refractivity contribution is 6.00. The maximum absolute atomic E-state index is 14.2. The molecule has 0 aliphatic carbocycles. The van der Waals surface area contributed by atoms with E-state index in [1.165, 1.54) is 6.92 Å². The van der Waals surface area contributed by atoms with Crippen LogP contribution in [0.1, 0.15) is 107 Å². The van der Waals surface area contributed by atoms with Crippen molar-refractivity contribution in [3.63, 3.8) is 0 Å². The molecule has 0 aromatic carbocycles. The topological polar surface area (TPSA) is 155 Å². The molecule has 0 unspecified atom stereocenters. The molecule has 0 radical (unpaired) electrons. The minimum absolute atomic E-state index is 0.109. The molecule has 2 bridgehead atoms. The van der Waals surface area contributed by atoms with Crippen LogP contribution < -0.4 is 0 Å². The van der Waals surface area contributed by atoms with Crippen LogP contribution in [0.3, 0.4) is 0 Å². The van der Waals surface area contributed by atoms with Crippen LogP contribution in [0.4, 0.5) is 0 Å². The molecule has 52 heavy (non-hydrogen) atoms. The Morgan fingerprint density at radius 2 is 1.85 bits per heavy atom. The number of hydrogen-bond donors (Lipinski definition) is 1. The summed E-state index contributed by atoms with van der Waals surface area (Å²) < 4.78 is 14.7. The molecule has 0 spiro atoms. The van der Waals surface area contributed by atoms with Crippen molar-refractivity contribution in [2.45, 2.75) is 126 Å². The van der Waals surface area contributed by atoms with E-state index in [1.807, 2.05) is 59.0 Å². The van der Waals surface area contributed by atoms with E-state index in [0.29, 0.717) is 42.9 Å². The Hall–Kier alpha value is -3.77. The van der Waals surface area contributed by atoms with Gasteiger partial charge >= 0.3 is 5.97 Å². The number of oxime groups is 1. The van der Waals surface area contributed by atoms with Crippen LogP contribution >= 0.6 is 0 Å². The van der Waals surface area contributed by atoms with Crippen LogP contribution in [0, 0.1) is 40.9 Å². The van der Waals surface area contributed by atoms with E-state index in [4.69, 9.17) is 14.3 Å². The lowest BCUT2D eigenvalue weighted by Gasteiger charge is -2.49. The predicted molar refractivity (Wildman–Crippen MR) is 199 cm³/mol. The predicted octanol–water partition coefficient (Wildman–Crippen LogP) is 6.57. The number of hydrogen-bond acceptors (Lipinski definition) is 10. The van der Waals surface area contributed by atoms with Crippen LogP contribution in [-0.2, 0) is 35.3 Å². The summed E-state index contributed by atoms with van der Waals surface area (Å²) in [5, 5.41) is 21.3. The van der Waals surface area contributed by atoms with Crippen LogP contribution in [-0.4, -0.2) is 72.9 Å². The van der Waals surface area contributed by atoms with Crippen molar-refractivity contribution in [1.82, 2.24) is 14.8 Å². The van der Waals surface area contributed by atoms with Crippen molar-refractivity contribution in [2.24, 2.45) is 51.1 Å². The van der Waals surface area contributed by atoms with Crippen LogP contribution in [0.2, 0.25) is 0 Å². The Bertz CT molecular complexity index is 1610. The minimum Gasteiger partial charge on any atom is -0.459 e. The van der Waals surface area contributed by atoms with Gasteiger partial charge in [-0.3, -0.25) is 14.4 Å². The molecule has 4 rings (SSSR count). The third-order valence-electron chi connectivity index (χ3n) is 11.2. The lowest BCUT2D eigenvalue weighted by atomic mass is 9.60. The number of ether oxygens (including phenoxy) is 2. The summed E-state index contributed by atoms with van der Waals surface area (Å²) in [4.78, 5) is 55.6. The number of nitrogens with zero attached hydrogens (tertiary/aromatic N) is 5. The third kappa shape index (κ3) is 9.23. The van der Waals surface area contributed by atoms with Crippen molar-refractivity contribution >= 4 is 29.1 Å². The van der Waals surface area contributed by atoms with Gasteiger partial charge in [-0.15, -0.1) is 0 Å². The first kappa shape index (κ1) is 41.0. The Labute approximate surface area is 308 Å². The largest absolute Gasteiger partial charge is 0.459 e. The fraction of sp³-hybridized carbons (Fsp3) is 0.675. The van der Waals surface area contributed by atoms with Gasteiger partial charge in [-0.2, -0.15) is 5.10 Å². The van der Waals surface area contributed by atoms with Gasteiger partial charge in [0.1, 0.15) is 30.0 Å². The second-order valence-electron chi connectivity index (χ2n) is 16.4. The maximum atomic E-state index is 14.2.